The van der Waals surface area contributed by atoms with Gasteiger partial charge in [-0.1, -0.05) is 66.2 Å². The highest BCUT2D eigenvalue weighted by atomic mass is 32.1. The van der Waals surface area contributed by atoms with Crippen molar-refractivity contribution in [3.8, 4) is 0 Å². The zero-order valence-corrected chi connectivity index (χ0v) is 18.3. The van der Waals surface area contributed by atoms with Crippen molar-refractivity contribution in [3.05, 3.63) is 101 Å². The lowest BCUT2D eigenvalue weighted by Crippen LogP contribution is -2.33. The van der Waals surface area contributed by atoms with E-state index in [2.05, 4.69) is 54.0 Å². The third-order valence-corrected chi connectivity index (χ3v) is 5.12. The maximum Gasteiger partial charge on any atom is 0.338 e. The van der Waals surface area contributed by atoms with Crippen LogP contribution in [0.5, 0.6) is 0 Å². The molecule has 3 aromatic carbocycles. The summed E-state index contributed by atoms with van der Waals surface area (Å²) in [5.41, 5.74) is 5.54. The molecule has 4 nitrogen and oxygen atoms in total. The van der Waals surface area contributed by atoms with Gasteiger partial charge in [-0.05, 0) is 61.8 Å². The van der Waals surface area contributed by atoms with Crippen LogP contribution in [0.15, 0.2) is 72.8 Å². The molecule has 0 aliphatic heterocycles. The summed E-state index contributed by atoms with van der Waals surface area (Å²) in [6.45, 7) is 6.08. The number of rotatable bonds is 6. The van der Waals surface area contributed by atoms with Crippen LogP contribution in [0, 0.1) is 13.8 Å². The molecule has 0 aliphatic rings. The highest BCUT2D eigenvalue weighted by Gasteiger charge is 2.17. The monoisotopic (exact) mass is 418 g/mol. The molecule has 3 aromatic rings. The number of carbonyl (C=O) groups excluding carboxylic acids is 1. The minimum atomic E-state index is -0.334. The van der Waals surface area contributed by atoms with E-state index in [0.717, 1.165) is 22.4 Å². The molecule has 154 valence electrons. The SMILES string of the molecule is CCOC(=O)c1cccc(NC(=S)N[C@H](c2ccccc2)c2ccc(C)cc2)c1C. The Kier molecular flexibility index (Phi) is 7.20. The van der Waals surface area contributed by atoms with Crippen molar-refractivity contribution in [1.82, 2.24) is 5.32 Å². The minimum absolute atomic E-state index is 0.0969. The molecule has 1 atom stereocenters. The Balaban J connectivity index is 1.83. The van der Waals surface area contributed by atoms with Crippen LogP contribution >= 0.6 is 12.2 Å². The van der Waals surface area contributed by atoms with E-state index in [1.54, 1.807) is 13.0 Å². The van der Waals surface area contributed by atoms with E-state index in [4.69, 9.17) is 17.0 Å². The summed E-state index contributed by atoms with van der Waals surface area (Å²) in [4.78, 5) is 12.2. The predicted octanol–water partition coefficient (Wildman–Crippen LogP) is 5.56. The molecule has 0 unspecified atom stereocenters. The Bertz CT molecular complexity index is 1020. The quantitative estimate of drug-likeness (QED) is 0.406. The molecule has 0 amide bonds. The first kappa shape index (κ1) is 21.5. The summed E-state index contributed by atoms with van der Waals surface area (Å²) in [5.74, 6) is -0.334. The normalized spacial score (nSPS) is 11.4. The Morgan fingerprint density at radius 3 is 2.27 bits per heavy atom. The van der Waals surface area contributed by atoms with Crippen molar-refractivity contribution in [2.24, 2.45) is 0 Å². The maximum atomic E-state index is 12.2. The van der Waals surface area contributed by atoms with Gasteiger partial charge in [-0.3, -0.25) is 0 Å². The number of ether oxygens (including phenoxy) is 1. The van der Waals surface area contributed by atoms with Gasteiger partial charge in [0.1, 0.15) is 0 Å². The first-order chi connectivity index (χ1) is 14.5. The second kappa shape index (κ2) is 10.0. The number of hydrogen-bond donors (Lipinski definition) is 2. The van der Waals surface area contributed by atoms with Gasteiger partial charge in [-0.15, -0.1) is 0 Å². The number of thiocarbonyl (C=S) groups is 1. The number of benzene rings is 3. The molecule has 0 saturated carbocycles. The van der Waals surface area contributed by atoms with Crippen molar-refractivity contribution in [2.45, 2.75) is 26.8 Å². The summed E-state index contributed by atoms with van der Waals surface area (Å²) < 4.78 is 5.14. The maximum absolute atomic E-state index is 12.2. The van der Waals surface area contributed by atoms with Crippen LogP contribution in [0.25, 0.3) is 0 Å². The first-order valence-corrected chi connectivity index (χ1v) is 10.4. The molecule has 0 saturated heterocycles. The standard InChI is InChI=1S/C25H26N2O2S/c1-4-29-24(28)21-11-8-12-22(18(21)3)26-25(30)27-23(19-9-6-5-7-10-19)20-15-13-17(2)14-16-20/h5-16,23H,4H2,1-3H3,(H2,26,27,30)/t23-/m1/s1. The third-order valence-electron chi connectivity index (χ3n) is 4.90. The second-order valence-corrected chi connectivity index (χ2v) is 7.46. The Labute approximate surface area is 183 Å². The summed E-state index contributed by atoms with van der Waals surface area (Å²) in [6, 6.07) is 24.0. The molecular formula is C25H26N2O2S. The van der Waals surface area contributed by atoms with Gasteiger partial charge in [0.2, 0.25) is 0 Å². The van der Waals surface area contributed by atoms with Gasteiger partial charge in [0.15, 0.2) is 5.11 Å². The van der Waals surface area contributed by atoms with E-state index in [9.17, 15) is 4.79 Å². The highest BCUT2D eigenvalue weighted by molar-refractivity contribution is 7.80. The average molecular weight is 419 g/mol. The zero-order valence-electron chi connectivity index (χ0n) is 17.4. The van der Waals surface area contributed by atoms with Crippen LogP contribution in [0.2, 0.25) is 0 Å². The van der Waals surface area contributed by atoms with Crippen LogP contribution in [0.1, 0.15) is 45.6 Å². The van der Waals surface area contributed by atoms with Gasteiger partial charge < -0.3 is 15.4 Å². The fraction of sp³-hybridized carbons (Fsp3) is 0.200. The van der Waals surface area contributed by atoms with Crippen molar-refractivity contribution in [1.29, 1.82) is 0 Å². The Hall–Kier alpha value is -3.18. The lowest BCUT2D eigenvalue weighted by atomic mass is 9.98. The summed E-state index contributed by atoms with van der Waals surface area (Å²) in [5, 5.41) is 7.14. The number of esters is 1. The van der Waals surface area contributed by atoms with Gasteiger partial charge in [0, 0.05) is 5.69 Å². The molecule has 0 radical (unpaired) electrons. The van der Waals surface area contributed by atoms with Gasteiger partial charge in [-0.2, -0.15) is 0 Å². The number of aryl methyl sites for hydroxylation is 1. The van der Waals surface area contributed by atoms with Crippen LogP contribution in [0.4, 0.5) is 5.69 Å². The second-order valence-electron chi connectivity index (χ2n) is 7.05. The van der Waals surface area contributed by atoms with E-state index in [1.807, 2.05) is 37.3 Å². The first-order valence-electron chi connectivity index (χ1n) is 9.95. The molecule has 0 heterocycles. The molecule has 0 spiro atoms. The fourth-order valence-electron chi connectivity index (χ4n) is 3.25. The van der Waals surface area contributed by atoms with Crippen molar-refractivity contribution >= 4 is 29.0 Å². The van der Waals surface area contributed by atoms with Gasteiger partial charge in [-0.25, -0.2) is 4.79 Å². The number of hydrogen-bond acceptors (Lipinski definition) is 3. The highest BCUT2D eigenvalue weighted by Crippen LogP contribution is 2.24. The van der Waals surface area contributed by atoms with Gasteiger partial charge in [0.25, 0.3) is 0 Å². The summed E-state index contributed by atoms with van der Waals surface area (Å²) in [7, 11) is 0. The molecule has 0 fully saturated rings. The molecule has 3 rings (SSSR count). The topological polar surface area (TPSA) is 50.4 Å². The molecule has 0 aromatic heterocycles. The number of anilines is 1. The van der Waals surface area contributed by atoms with Crippen LogP contribution in [-0.4, -0.2) is 17.7 Å². The van der Waals surface area contributed by atoms with E-state index in [-0.39, 0.29) is 12.0 Å². The fourth-order valence-corrected chi connectivity index (χ4v) is 3.48. The number of carbonyl (C=O) groups is 1. The summed E-state index contributed by atoms with van der Waals surface area (Å²) in [6.07, 6.45) is 0. The van der Waals surface area contributed by atoms with Crippen LogP contribution in [0.3, 0.4) is 0 Å². The van der Waals surface area contributed by atoms with E-state index < -0.39 is 0 Å². The minimum Gasteiger partial charge on any atom is -0.462 e. The molecule has 0 bridgehead atoms. The molecule has 30 heavy (non-hydrogen) atoms. The Morgan fingerprint density at radius 1 is 0.933 bits per heavy atom. The van der Waals surface area contributed by atoms with E-state index in [0.29, 0.717) is 17.3 Å². The van der Waals surface area contributed by atoms with Gasteiger partial charge in [0.05, 0.1) is 18.2 Å². The third kappa shape index (κ3) is 5.24. The van der Waals surface area contributed by atoms with E-state index in [1.165, 1.54) is 5.56 Å². The molecule has 5 heteroatoms. The van der Waals surface area contributed by atoms with Crippen molar-refractivity contribution in [2.75, 3.05) is 11.9 Å². The smallest absolute Gasteiger partial charge is 0.338 e. The van der Waals surface area contributed by atoms with Crippen LogP contribution in [-0.2, 0) is 4.74 Å². The number of nitrogens with one attached hydrogen (secondary N) is 2. The largest absolute Gasteiger partial charge is 0.462 e. The summed E-state index contributed by atoms with van der Waals surface area (Å²) >= 11 is 5.62. The lowest BCUT2D eigenvalue weighted by molar-refractivity contribution is 0.0525. The molecule has 0 aliphatic carbocycles. The zero-order chi connectivity index (χ0) is 21.5. The lowest BCUT2D eigenvalue weighted by Gasteiger charge is -2.23. The van der Waals surface area contributed by atoms with Gasteiger partial charge >= 0.3 is 5.97 Å². The molecule has 2 N–H and O–H groups in total. The van der Waals surface area contributed by atoms with Crippen molar-refractivity contribution in [3.63, 3.8) is 0 Å². The average Bonchev–Trinajstić information content (AvgIpc) is 2.75. The van der Waals surface area contributed by atoms with Crippen LogP contribution < -0.4 is 10.6 Å². The Morgan fingerprint density at radius 2 is 1.60 bits per heavy atom. The van der Waals surface area contributed by atoms with E-state index >= 15 is 0 Å². The van der Waals surface area contributed by atoms with Crippen molar-refractivity contribution < 1.29 is 9.53 Å². The predicted molar refractivity (Wildman–Crippen MR) is 126 cm³/mol. The molecular weight excluding hydrogens is 392 g/mol.